The molecule has 0 saturated heterocycles. The summed E-state index contributed by atoms with van der Waals surface area (Å²) < 4.78 is 0. The monoisotopic (exact) mass is 294 g/mol. The van der Waals surface area contributed by atoms with E-state index in [4.69, 9.17) is 0 Å². The SMILES string of the molecule is CC.CC.CC.CC=Nc1ccncc1/C=C\C.CCC. The minimum Gasteiger partial charge on any atom is -0.264 e. The lowest BCUT2D eigenvalue weighted by atomic mass is 10.2. The summed E-state index contributed by atoms with van der Waals surface area (Å²) in [6.07, 6.45) is 10.6. The molecule has 0 aliphatic rings. The molecule has 1 aromatic heterocycles. The third kappa shape index (κ3) is 21.0. The minimum atomic E-state index is 0.964. The Morgan fingerprint density at radius 1 is 1.00 bits per heavy atom. The van der Waals surface area contributed by atoms with E-state index in [1.54, 1.807) is 12.4 Å². The zero-order valence-electron chi connectivity index (χ0n) is 16.1. The third-order valence-electron chi connectivity index (χ3n) is 1.44. The molecule has 2 heteroatoms. The predicted octanol–water partition coefficient (Wildman–Crippen LogP) is 7.33. The molecule has 1 rings (SSSR count). The molecule has 0 bridgehead atoms. The molecular formula is C19H38N2. The number of hydrogen-bond acceptors (Lipinski definition) is 2. The summed E-state index contributed by atoms with van der Waals surface area (Å²) >= 11 is 0. The molecule has 0 aliphatic heterocycles. The Kier molecular flexibility index (Phi) is 41.2. The lowest BCUT2D eigenvalue weighted by Crippen LogP contribution is -1.76. The lowest BCUT2D eigenvalue weighted by Gasteiger charge is -1.96. The van der Waals surface area contributed by atoms with Crippen molar-refractivity contribution in [2.45, 2.75) is 75.7 Å². The van der Waals surface area contributed by atoms with Gasteiger partial charge in [-0.15, -0.1) is 0 Å². The molecule has 1 aromatic rings. The largest absolute Gasteiger partial charge is 0.264 e. The van der Waals surface area contributed by atoms with Gasteiger partial charge in [0.15, 0.2) is 0 Å². The van der Waals surface area contributed by atoms with Crippen LogP contribution in [0.5, 0.6) is 0 Å². The van der Waals surface area contributed by atoms with E-state index in [1.165, 1.54) is 6.42 Å². The van der Waals surface area contributed by atoms with Crippen LogP contribution in [0.1, 0.15) is 81.2 Å². The first kappa shape index (κ1) is 27.8. The van der Waals surface area contributed by atoms with Gasteiger partial charge in [-0.25, -0.2) is 0 Å². The molecule has 21 heavy (non-hydrogen) atoms. The van der Waals surface area contributed by atoms with E-state index < -0.39 is 0 Å². The maximum atomic E-state index is 4.21. The number of aromatic nitrogens is 1. The van der Waals surface area contributed by atoms with Crippen LogP contribution in [0.25, 0.3) is 6.08 Å². The van der Waals surface area contributed by atoms with Gasteiger partial charge in [0.25, 0.3) is 0 Å². The van der Waals surface area contributed by atoms with Crippen molar-refractivity contribution in [3.63, 3.8) is 0 Å². The molecule has 0 fully saturated rings. The minimum absolute atomic E-state index is 0.964. The fourth-order valence-electron chi connectivity index (χ4n) is 0.964. The third-order valence-corrected chi connectivity index (χ3v) is 1.44. The van der Waals surface area contributed by atoms with Gasteiger partial charge in [-0.2, -0.15) is 0 Å². The highest BCUT2D eigenvalue weighted by molar-refractivity contribution is 5.68. The summed E-state index contributed by atoms with van der Waals surface area (Å²) in [7, 11) is 0. The van der Waals surface area contributed by atoms with Gasteiger partial charge in [0, 0.05) is 24.2 Å². The molecule has 1 heterocycles. The highest BCUT2D eigenvalue weighted by Gasteiger charge is 1.93. The van der Waals surface area contributed by atoms with E-state index in [1.807, 2.05) is 79.8 Å². The number of allylic oxidation sites excluding steroid dienone is 1. The first-order valence-electron chi connectivity index (χ1n) is 8.35. The number of rotatable bonds is 2. The van der Waals surface area contributed by atoms with E-state index in [0.29, 0.717) is 0 Å². The van der Waals surface area contributed by atoms with Gasteiger partial charge < -0.3 is 0 Å². The van der Waals surface area contributed by atoms with Crippen LogP contribution in [0.15, 0.2) is 29.5 Å². The van der Waals surface area contributed by atoms with Crippen LogP contribution in [0.4, 0.5) is 5.69 Å². The van der Waals surface area contributed by atoms with Gasteiger partial charge in [-0.3, -0.25) is 9.98 Å². The summed E-state index contributed by atoms with van der Waals surface area (Å²) in [5, 5.41) is 0. The van der Waals surface area contributed by atoms with Crippen molar-refractivity contribution >= 4 is 18.0 Å². The van der Waals surface area contributed by atoms with Crippen LogP contribution in [0.2, 0.25) is 0 Å². The average molecular weight is 295 g/mol. The summed E-state index contributed by atoms with van der Waals surface area (Å²) in [4.78, 5) is 8.23. The molecule has 0 unspecified atom stereocenters. The van der Waals surface area contributed by atoms with Gasteiger partial charge in [0.2, 0.25) is 0 Å². The van der Waals surface area contributed by atoms with Crippen molar-refractivity contribution in [1.82, 2.24) is 4.98 Å². The van der Waals surface area contributed by atoms with Crippen molar-refractivity contribution in [1.29, 1.82) is 0 Å². The molecule has 0 saturated carbocycles. The Morgan fingerprint density at radius 2 is 1.48 bits per heavy atom. The van der Waals surface area contributed by atoms with Crippen molar-refractivity contribution in [2.75, 3.05) is 0 Å². The highest BCUT2D eigenvalue weighted by Crippen LogP contribution is 2.17. The molecule has 124 valence electrons. The van der Waals surface area contributed by atoms with Crippen molar-refractivity contribution in [2.24, 2.45) is 4.99 Å². The first-order valence-corrected chi connectivity index (χ1v) is 8.35. The maximum absolute atomic E-state index is 4.21. The number of aliphatic imine (C=N–C) groups is 1. The second kappa shape index (κ2) is 31.1. The number of nitrogens with zero attached hydrogens (tertiary/aromatic N) is 2. The summed E-state index contributed by atoms with van der Waals surface area (Å²) in [6, 6.07) is 1.90. The Morgan fingerprint density at radius 3 is 1.86 bits per heavy atom. The Balaban J connectivity index is -0.000000136. The van der Waals surface area contributed by atoms with Crippen molar-refractivity contribution < 1.29 is 0 Å². The van der Waals surface area contributed by atoms with Gasteiger partial charge in [-0.1, -0.05) is 74.0 Å². The van der Waals surface area contributed by atoms with Gasteiger partial charge >= 0.3 is 0 Å². The van der Waals surface area contributed by atoms with Gasteiger partial charge in [0.05, 0.1) is 5.69 Å². The first-order chi connectivity index (χ1) is 10.3. The Labute approximate surface area is 134 Å². The molecule has 0 radical (unpaired) electrons. The summed E-state index contributed by atoms with van der Waals surface area (Å²) in [6.45, 7) is 20.1. The highest BCUT2D eigenvalue weighted by atomic mass is 14.7. The molecule has 0 aliphatic carbocycles. The molecule has 0 atom stereocenters. The number of hydrogen-bond donors (Lipinski definition) is 0. The van der Waals surface area contributed by atoms with E-state index in [9.17, 15) is 0 Å². The zero-order valence-corrected chi connectivity index (χ0v) is 16.1. The molecular weight excluding hydrogens is 256 g/mol. The van der Waals surface area contributed by atoms with Crippen LogP contribution in [-0.2, 0) is 0 Å². The average Bonchev–Trinajstić information content (AvgIpc) is 2.56. The quantitative estimate of drug-likeness (QED) is 0.524. The maximum Gasteiger partial charge on any atom is 0.0728 e. The zero-order chi connectivity index (χ0) is 17.5. The molecule has 0 N–H and O–H groups in total. The van der Waals surface area contributed by atoms with E-state index in [-0.39, 0.29) is 0 Å². The Hall–Kier alpha value is -1.44. The van der Waals surface area contributed by atoms with Crippen LogP contribution >= 0.6 is 0 Å². The molecule has 0 spiro atoms. The van der Waals surface area contributed by atoms with Crippen LogP contribution in [0.3, 0.4) is 0 Å². The fraction of sp³-hybridized carbons (Fsp3) is 0.579. The Bertz CT molecular complexity index is 284. The molecule has 0 amide bonds. The smallest absolute Gasteiger partial charge is 0.0728 e. The van der Waals surface area contributed by atoms with Crippen LogP contribution < -0.4 is 0 Å². The normalized spacial score (nSPS) is 8.29. The van der Waals surface area contributed by atoms with Gasteiger partial charge in [0.1, 0.15) is 0 Å². The predicted molar refractivity (Wildman–Crippen MR) is 103 cm³/mol. The van der Waals surface area contributed by atoms with Crippen LogP contribution in [-0.4, -0.2) is 11.2 Å². The summed E-state index contributed by atoms with van der Waals surface area (Å²) in [5.41, 5.74) is 2.02. The summed E-state index contributed by atoms with van der Waals surface area (Å²) in [5.74, 6) is 0. The van der Waals surface area contributed by atoms with Gasteiger partial charge in [-0.05, 0) is 19.9 Å². The fourth-order valence-corrected chi connectivity index (χ4v) is 0.964. The van der Waals surface area contributed by atoms with Crippen LogP contribution in [0, 0.1) is 0 Å². The molecule has 2 nitrogen and oxygen atoms in total. The van der Waals surface area contributed by atoms with Crippen molar-refractivity contribution in [3.05, 3.63) is 30.1 Å². The standard InChI is InChI=1S/C10H12N2.C3H8.3C2H6/c1-3-5-9-8-11-7-6-10(9)12-4-2;1-3-2;3*1-2/h3-8H,1-2H3;3H2,1-2H3;3*1-2H3/b5-3-,12-4?;;;;. The second-order valence-corrected chi connectivity index (χ2v) is 3.03. The van der Waals surface area contributed by atoms with E-state index in [2.05, 4.69) is 23.8 Å². The number of pyridine rings is 1. The van der Waals surface area contributed by atoms with E-state index >= 15 is 0 Å². The topological polar surface area (TPSA) is 25.2 Å². The van der Waals surface area contributed by atoms with E-state index in [0.717, 1.165) is 11.3 Å². The second-order valence-electron chi connectivity index (χ2n) is 3.03. The van der Waals surface area contributed by atoms with Crippen molar-refractivity contribution in [3.8, 4) is 0 Å². The lowest BCUT2D eigenvalue weighted by molar-refractivity contribution is 1.09. The molecule has 0 aromatic carbocycles.